The Labute approximate surface area is 124 Å². The molecule has 7 nitrogen and oxygen atoms in total. The average molecular weight is 294 g/mol. The number of nitro groups is 1. The van der Waals surface area contributed by atoms with Gasteiger partial charge in [-0.15, -0.1) is 5.11 Å². The van der Waals surface area contributed by atoms with Crippen LogP contribution in [0.4, 0.5) is 17.1 Å². The quantitative estimate of drug-likeness (QED) is 0.443. The summed E-state index contributed by atoms with van der Waals surface area (Å²) in [6.07, 6.45) is 1.58. The summed E-state index contributed by atoms with van der Waals surface area (Å²) in [6.45, 7) is 0. The summed E-state index contributed by atoms with van der Waals surface area (Å²) >= 11 is 0. The molecule has 0 atom stereocenters. The summed E-state index contributed by atoms with van der Waals surface area (Å²) < 4.78 is 0. The van der Waals surface area contributed by atoms with E-state index in [1.807, 2.05) is 0 Å². The highest BCUT2D eigenvalue weighted by Gasteiger charge is 2.06. The van der Waals surface area contributed by atoms with E-state index < -0.39 is 4.92 Å². The van der Waals surface area contributed by atoms with Gasteiger partial charge >= 0.3 is 0 Å². The van der Waals surface area contributed by atoms with Crippen molar-refractivity contribution in [3.8, 4) is 5.75 Å². The number of nitrogens with zero attached hydrogens (tertiary/aromatic N) is 4. The number of aromatic nitrogens is 1. The number of pyridine rings is 1. The fourth-order valence-electron chi connectivity index (χ4n) is 1.98. The van der Waals surface area contributed by atoms with E-state index in [1.54, 1.807) is 24.4 Å². The molecule has 0 aliphatic carbocycles. The number of phenolic OH excluding ortho intramolecular Hbond substituents is 1. The number of non-ortho nitro benzene ring substituents is 1. The number of azo groups is 1. The summed E-state index contributed by atoms with van der Waals surface area (Å²) in [5.41, 5.74) is 1.50. The van der Waals surface area contributed by atoms with Crippen molar-refractivity contribution in [3.05, 3.63) is 64.8 Å². The van der Waals surface area contributed by atoms with Crippen molar-refractivity contribution in [1.29, 1.82) is 0 Å². The first-order valence-electron chi connectivity index (χ1n) is 6.38. The number of nitro benzene ring substituents is 1. The lowest BCUT2D eigenvalue weighted by molar-refractivity contribution is -0.384. The van der Waals surface area contributed by atoms with Crippen LogP contribution in [-0.2, 0) is 0 Å². The van der Waals surface area contributed by atoms with Gasteiger partial charge in [-0.2, -0.15) is 5.11 Å². The number of fused-ring (bicyclic) bond motifs is 1. The van der Waals surface area contributed by atoms with Crippen molar-refractivity contribution in [2.45, 2.75) is 0 Å². The van der Waals surface area contributed by atoms with E-state index in [0.29, 0.717) is 22.3 Å². The van der Waals surface area contributed by atoms with Crippen LogP contribution in [0.5, 0.6) is 5.75 Å². The zero-order valence-electron chi connectivity index (χ0n) is 11.2. The minimum Gasteiger partial charge on any atom is -0.506 e. The van der Waals surface area contributed by atoms with Crippen LogP contribution in [0.1, 0.15) is 0 Å². The molecule has 3 rings (SSSR count). The number of phenols is 1. The molecule has 0 saturated carbocycles. The van der Waals surface area contributed by atoms with Crippen LogP contribution < -0.4 is 0 Å². The average Bonchev–Trinajstić information content (AvgIpc) is 2.55. The highest BCUT2D eigenvalue weighted by Crippen LogP contribution is 2.32. The molecule has 0 fully saturated rings. The van der Waals surface area contributed by atoms with Crippen LogP contribution in [0.15, 0.2) is 65.0 Å². The van der Waals surface area contributed by atoms with E-state index >= 15 is 0 Å². The number of aromatic hydroxyl groups is 1. The highest BCUT2D eigenvalue weighted by atomic mass is 16.6. The minimum atomic E-state index is -0.472. The standard InChI is InChI=1S/C15H10N4O3/c20-14-8-7-13(12-2-1-9-16-15(12)14)18-17-10-3-5-11(6-4-10)19(21)22/h1-9,20H. The normalized spacial score (nSPS) is 11.1. The fraction of sp³-hybridized carbons (Fsp3) is 0. The van der Waals surface area contributed by atoms with Gasteiger partial charge < -0.3 is 5.11 Å². The van der Waals surface area contributed by atoms with Crippen molar-refractivity contribution < 1.29 is 10.0 Å². The zero-order chi connectivity index (χ0) is 15.5. The second kappa shape index (κ2) is 5.57. The van der Waals surface area contributed by atoms with Crippen molar-refractivity contribution in [2.75, 3.05) is 0 Å². The van der Waals surface area contributed by atoms with Crippen LogP contribution in [0, 0.1) is 10.1 Å². The Morgan fingerprint density at radius 2 is 1.82 bits per heavy atom. The second-order valence-corrected chi connectivity index (χ2v) is 4.48. The molecule has 0 aliphatic heterocycles. The first-order chi connectivity index (χ1) is 10.6. The Bertz CT molecular complexity index is 876. The molecule has 1 aromatic heterocycles. The Hall–Kier alpha value is -3.35. The summed E-state index contributed by atoms with van der Waals surface area (Å²) in [5.74, 6) is 0.0740. The maximum Gasteiger partial charge on any atom is 0.269 e. The Kier molecular flexibility index (Phi) is 3.45. The van der Waals surface area contributed by atoms with E-state index in [1.165, 1.54) is 30.3 Å². The molecule has 0 radical (unpaired) electrons. The smallest absolute Gasteiger partial charge is 0.269 e. The molecule has 1 N–H and O–H groups in total. The van der Waals surface area contributed by atoms with Gasteiger partial charge in [0.1, 0.15) is 11.3 Å². The number of benzene rings is 2. The molecule has 0 saturated heterocycles. The third-order valence-electron chi connectivity index (χ3n) is 3.06. The Balaban J connectivity index is 1.96. The fourth-order valence-corrected chi connectivity index (χ4v) is 1.98. The number of hydrogen-bond acceptors (Lipinski definition) is 6. The van der Waals surface area contributed by atoms with E-state index in [4.69, 9.17) is 0 Å². The van der Waals surface area contributed by atoms with Crippen LogP contribution in [0.2, 0.25) is 0 Å². The topological polar surface area (TPSA) is 101 Å². The molecule has 0 unspecified atom stereocenters. The maximum atomic E-state index is 10.6. The van der Waals surface area contributed by atoms with Gasteiger partial charge in [-0.05, 0) is 36.4 Å². The monoisotopic (exact) mass is 294 g/mol. The Morgan fingerprint density at radius 3 is 2.55 bits per heavy atom. The van der Waals surface area contributed by atoms with Gasteiger partial charge in [0, 0.05) is 23.7 Å². The molecule has 0 amide bonds. The molecule has 2 aromatic carbocycles. The van der Waals surface area contributed by atoms with Gasteiger partial charge in [0.05, 0.1) is 16.3 Å². The Morgan fingerprint density at radius 1 is 1.05 bits per heavy atom. The molecule has 1 heterocycles. The molecular formula is C15H10N4O3. The number of hydrogen-bond donors (Lipinski definition) is 1. The zero-order valence-corrected chi connectivity index (χ0v) is 11.2. The van der Waals surface area contributed by atoms with E-state index in [0.717, 1.165) is 0 Å². The van der Waals surface area contributed by atoms with Gasteiger partial charge in [-0.1, -0.05) is 0 Å². The van der Waals surface area contributed by atoms with Gasteiger partial charge in [0.15, 0.2) is 0 Å². The lowest BCUT2D eigenvalue weighted by atomic mass is 10.2. The molecule has 0 bridgehead atoms. The van der Waals surface area contributed by atoms with Crippen molar-refractivity contribution >= 4 is 28.0 Å². The molecule has 0 spiro atoms. The van der Waals surface area contributed by atoms with Crippen molar-refractivity contribution in [3.63, 3.8) is 0 Å². The van der Waals surface area contributed by atoms with E-state index in [9.17, 15) is 15.2 Å². The van der Waals surface area contributed by atoms with Crippen molar-refractivity contribution in [2.24, 2.45) is 10.2 Å². The van der Waals surface area contributed by atoms with Gasteiger partial charge in [-0.25, -0.2) is 0 Å². The summed E-state index contributed by atoms with van der Waals surface area (Å²) in [6, 6.07) is 12.4. The first kappa shape index (κ1) is 13.6. The van der Waals surface area contributed by atoms with Crippen molar-refractivity contribution in [1.82, 2.24) is 4.98 Å². The predicted molar refractivity (Wildman–Crippen MR) is 80.7 cm³/mol. The SMILES string of the molecule is O=[N+]([O-])c1ccc(N=Nc2ccc(O)c3ncccc23)cc1. The number of rotatable bonds is 3. The lowest BCUT2D eigenvalue weighted by Gasteiger charge is -2.02. The molecule has 0 aliphatic rings. The molecule has 3 aromatic rings. The molecular weight excluding hydrogens is 284 g/mol. The first-order valence-corrected chi connectivity index (χ1v) is 6.38. The van der Waals surface area contributed by atoms with Crippen LogP contribution in [-0.4, -0.2) is 15.0 Å². The largest absolute Gasteiger partial charge is 0.506 e. The third-order valence-corrected chi connectivity index (χ3v) is 3.06. The van der Waals surface area contributed by atoms with Crippen LogP contribution >= 0.6 is 0 Å². The van der Waals surface area contributed by atoms with Crippen LogP contribution in [0.3, 0.4) is 0 Å². The van der Waals surface area contributed by atoms with E-state index in [-0.39, 0.29) is 11.4 Å². The van der Waals surface area contributed by atoms with E-state index in [2.05, 4.69) is 15.2 Å². The lowest BCUT2D eigenvalue weighted by Crippen LogP contribution is -1.85. The van der Waals surface area contributed by atoms with Crippen LogP contribution in [0.25, 0.3) is 10.9 Å². The highest BCUT2D eigenvalue weighted by molar-refractivity contribution is 5.93. The van der Waals surface area contributed by atoms with Gasteiger partial charge in [0.25, 0.3) is 5.69 Å². The second-order valence-electron chi connectivity index (χ2n) is 4.48. The van der Waals surface area contributed by atoms with Gasteiger partial charge in [0.2, 0.25) is 0 Å². The van der Waals surface area contributed by atoms with Gasteiger partial charge in [-0.3, -0.25) is 15.1 Å². The third kappa shape index (κ3) is 2.59. The predicted octanol–water partition coefficient (Wildman–Crippen LogP) is 4.26. The summed E-state index contributed by atoms with van der Waals surface area (Å²) in [5, 5.41) is 29.2. The summed E-state index contributed by atoms with van der Waals surface area (Å²) in [7, 11) is 0. The molecule has 108 valence electrons. The molecule has 22 heavy (non-hydrogen) atoms. The molecule has 7 heteroatoms. The summed E-state index contributed by atoms with van der Waals surface area (Å²) in [4.78, 5) is 14.2. The maximum absolute atomic E-state index is 10.6. The minimum absolute atomic E-state index is 0.00164.